The van der Waals surface area contributed by atoms with Crippen molar-refractivity contribution in [3.63, 3.8) is 0 Å². The third-order valence-electron chi connectivity index (χ3n) is 5.25. The predicted molar refractivity (Wildman–Crippen MR) is 88.2 cm³/mol. The Bertz CT molecular complexity index is 713. The van der Waals surface area contributed by atoms with Gasteiger partial charge in [0.15, 0.2) is 0 Å². The van der Waals surface area contributed by atoms with E-state index in [1.54, 1.807) is 5.51 Å². The first kappa shape index (κ1) is 14.8. The summed E-state index contributed by atoms with van der Waals surface area (Å²) in [5.41, 5.74) is 3.78. The van der Waals surface area contributed by atoms with Crippen LogP contribution in [0.1, 0.15) is 52.5 Å². The van der Waals surface area contributed by atoms with Crippen LogP contribution in [0.15, 0.2) is 29.8 Å². The van der Waals surface area contributed by atoms with Crippen LogP contribution in [0.25, 0.3) is 0 Å². The minimum atomic E-state index is -0.190. The molecule has 2 aliphatic heterocycles. The molecular weight excluding hydrogens is 311 g/mol. The summed E-state index contributed by atoms with van der Waals surface area (Å²) < 4.78 is 13.1. The van der Waals surface area contributed by atoms with Gasteiger partial charge >= 0.3 is 0 Å². The van der Waals surface area contributed by atoms with Crippen molar-refractivity contribution in [3.05, 3.63) is 51.7 Å². The molecule has 2 bridgehead atoms. The first-order valence-electron chi connectivity index (χ1n) is 8.11. The normalized spacial score (nSPS) is 26.5. The lowest BCUT2D eigenvalue weighted by atomic mass is 9.85. The zero-order valence-corrected chi connectivity index (χ0v) is 13.9. The van der Waals surface area contributed by atoms with Crippen molar-refractivity contribution < 1.29 is 9.18 Å². The van der Waals surface area contributed by atoms with Gasteiger partial charge in [0.05, 0.1) is 11.2 Å². The molecule has 1 aromatic heterocycles. The maximum atomic E-state index is 13.1. The molecule has 0 spiro atoms. The van der Waals surface area contributed by atoms with Crippen molar-refractivity contribution in [2.24, 2.45) is 0 Å². The van der Waals surface area contributed by atoms with E-state index in [1.165, 1.54) is 29.0 Å². The molecule has 0 radical (unpaired) electrons. The highest BCUT2D eigenvalue weighted by Crippen LogP contribution is 2.44. The Hall–Kier alpha value is -1.75. The van der Waals surface area contributed by atoms with Crippen molar-refractivity contribution in [1.29, 1.82) is 0 Å². The topological polar surface area (TPSA) is 33.2 Å². The molecule has 1 amide bonds. The number of amides is 1. The summed E-state index contributed by atoms with van der Waals surface area (Å²) in [6.45, 7) is 1.90. The van der Waals surface area contributed by atoms with Crippen LogP contribution in [0.3, 0.4) is 0 Å². The molecule has 1 aromatic carbocycles. The molecule has 120 valence electrons. The van der Waals surface area contributed by atoms with Crippen LogP contribution in [-0.2, 0) is 0 Å². The molecule has 3 nitrogen and oxygen atoms in total. The first-order chi connectivity index (χ1) is 11.1. The summed E-state index contributed by atoms with van der Waals surface area (Å²) in [6, 6.07) is 7.47. The molecule has 23 heavy (non-hydrogen) atoms. The van der Waals surface area contributed by atoms with E-state index in [2.05, 4.69) is 9.88 Å². The van der Waals surface area contributed by atoms with E-state index in [-0.39, 0.29) is 11.7 Å². The molecule has 0 unspecified atom stereocenters. The van der Waals surface area contributed by atoms with E-state index in [9.17, 15) is 9.18 Å². The molecule has 2 aliphatic rings. The molecule has 2 fully saturated rings. The van der Waals surface area contributed by atoms with Crippen LogP contribution in [0.5, 0.6) is 0 Å². The van der Waals surface area contributed by atoms with Gasteiger partial charge in [-0.05, 0) is 56.2 Å². The lowest BCUT2D eigenvalue weighted by molar-refractivity contribution is 0.0575. The number of carbonyl (C=O) groups excluding carboxylic acids is 1. The summed E-state index contributed by atoms with van der Waals surface area (Å²) >= 11 is 1.44. The number of rotatable bonds is 2. The predicted octanol–water partition coefficient (Wildman–Crippen LogP) is 4.14. The number of halogens is 1. The fourth-order valence-corrected chi connectivity index (χ4v) is 4.89. The Morgan fingerprint density at radius 3 is 2.43 bits per heavy atom. The van der Waals surface area contributed by atoms with Gasteiger partial charge in [0, 0.05) is 12.1 Å². The van der Waals surface area contributed by atoms with E-state index in [0.717, 1.165) is 36.3 Å². The standard InChI is InChI=1S/C18H19FN2OS/c1-11-17(23-10-20-11)18(22)21-15-6-7-16(21)9-13(8-15)12-2-4-14(19)5-3-12/h2-5,10,13,15-16H,6-9H2,1H3/t15-,16-/m1/s1. The number of hydrogen-bond acceptors (Lipinski definition) is 3. The smallest absolute Gasteiger partial charge is 0.266 e. The van der Waals surface area contributed by atoms with Crippen LogP contribution in [0, 0.1) is 12.7 Å². The van der Waals surface area contributed by atoms with Crippen LogP contribution in [-0.4, -0.2) is 27.9 Å². The largest absolute Gasteiger partial charge is 0.332 e. The van der Waals surface area contributed by atoms with Gasteiger partial charge in [0.1, 0.15) is 10.7 Å². The van der Waals surface area contributed by atoms with Gasteiger partial charge in [-0.1, -0.05) is 12.1 Å². The Labute approximate surface area is 139 Å². The summed E-state index contributed by atoms with van der Waals surface area (Å²) in [6.07, 6.45) is 4.11. The summed E-state index contributed by atoms with van der Waals surface area (Å²) in [7, 11) is 0. The van der Waals surface area contributed by atoms with Gasteiger partial charge in [-0.3, -0.25) is 4.79 Å². The second kappa shape index (κ2) is 5.71. The van der Waals surface area contributed by atoms with Gasteiger partial charge in [0.2, 0.25) is 0 Å². The first-order valence-corrected chi connectivity index (χ1v) is 8.99. The quantitative estimate of drug-likeness (QED) is 0.829. The van der Waals surface area contributed by atoms with Crippen LogP contribution >= 0.6 is 11.3 Å². The SMILES string of the molecule is Cc1ncsc1C(=O)N1[C@@H]2CC[C@@H]1CC(c1ccc(F)cc1)C2. The maximum absolute atomic E-state index is 13.1. The van der Waals surface area contributed by atoms with Gasteiger partial charge < -0.3 is 4.90 Å². The Balaban J connectivity index is 1.55. The highest BCUT2D eigenvalue weighted by atomic mass is 32.1. The monoisotopic (exact) mass is 330 g/mol. The number of benzene rings is 1. The number of thiazole rings is 1. The second-order valence-electron chi connectivity index (χ2n) is 6.58. The van der Waals surface area contributed by atoms with E-state index >= 15 is 0 Å². The molecule has 4 rings (SSSR count). The summed E-state index contributed by atoms with van der Waals surface area (Å²) in [5.74, 6) is 0.389. The minimum absolute atomic E-state index is 0.148. The molecule has 0 aliphatic carbocycles. The number of fused-ring (bicyclic) bond motifs is 2. The van der Waals surface area contributed by atoms with Crippen LogP contribution in [0.4, 0.5) is 4.39 Å². The van der Waals surface area contributed by atoms with Gasteiger partial charge in [-0.2, -0.15) is 0 Å². The molecule has 2 atom stereocenters. The average molecular weight is 330 g/mol. The number of nitrogens with zero attached hydrogens (tertiary/aromatic N) is 2. The number of piperidine rings is 1. The maximum Gasteiger partial charge on any atom is 0.266 e. The van der Waals surface area contributed by atoms with Gasteiger partial charge in [-0.25, -0.2) is 9.37 Å². The lowest BCUT2D eigenvalue weighted by Gasteiger charge is -2.39. The highest BCUT2D eigenvalue weighted by Gasteiger charge is 2.44. The fourth-order valence-electron chi connectivity index (χ4n) is 4.14. The van der Waals surface area contributed by atoms with Crippen LogP contribution in [0.2, 0.25) is 0 Å². The Morgan fingerprint density at radius 1 is 1.22 bits per heavy atom. The van der Waals surface area contributed by atoms with Crippen molar-refractivity contribution in [2.75, 3.05) is 0 Å². The second-order valence-corrected chi connectivity index (χ2v) is 7.44. The summed E-state index contributed by atoms with van der Waals surface area (Å²) in [4.78, 5) is 20.0. The van der Waals surface area contributed by atoms with Gasteiger partial charge in [-0.15, -0.1) is 11.3 Å². The Morgan fingerprint density at radius 2 is 1.87 bits per heavy atom. The van der Waals surface area contributed by atoms with Crippen molar-refractivity contribution >= 4 is 17.2 Å². The zero-order chi connectivity index (χ0) is 16.0. The van der Waals surface area contributed by atoms with Crippen molar-refractivity contribution in [2.45, 2.75) is 50.6 Å². The molecule has 2 aromatic rings. The molecule has 2 saturated heterocycles. The Kier molecular flexibility index (Phi) is 3.68. The zero-order valence-electron chi connectivity index (χ0n) is 13.0. The molecule has 3 heterocycles. The van der Waals surface area contributed by atoms with E-state index in [1.807, 2.05) is 19.1 Å². The third kappa shape index (κ3) is 2.57. The van der Waals surface area contributed by atoms with E-state index in [4.69, 9.17) is 0 Å². The number of aromatic nitrogens is 1. The number of aryl methyl sites for hydroxylation is 1. The molecule has 0 saturated carbocycles. The average Bonchev–Trinajstić information content (AvgIpc) is 3.08. The number of hydrogen-bond donors (Lipinski definition) is 0. The fraction of sp³-hybridized carbons (Fsp3) is 0.444. The van der Waals surface area contributed by atoms with Gasteiger partial charge in [0.25, 0.3) is 5.91 Å². The number of carbonyl (C=O) groups is 1. The minimum Gasteiger partial charge on any atom is -0.332 e. The third-order valence-corrected chi connectivity index (χ3v) is 6.17. The molecular formula is C18H19FN2OS. The van der Waals surface area contributed by atoms with E-state index in [0.29, 0.717) is 18.0 Å². The molecule has 5 heteroatoms. The molecule has 0 N–H and O–H groups in total. The lowest BCUT2D eigenvalue weighted by Crippen LogP contribution is -2.46. The van der Waals surface area contributed by atoms with Crippen molar-refractivity contribution in [1.82, 2.24) is 9.88 Å². The van der Waals surface area contributed by atoms with Crippen LogP contribution < -0.4 is 0 Å². The van der Waals surface area contributed by atoms with E-state index < -0.39 is 0 Å². The van der Waals surface area contributed by atoms with Crippen molar-refractivity contribution in [3.8, 4) is 0 Å². The highest BCUT2D eigenvalue weighted by molar-refractivity contribution is 7.11. The summed E-state index contributed by atoms with van der Waals surface area (Å²) in [5, 5.41) is 0.